The van der Waals surface area contributed by atoms with Crippen LogP contribution in [0.25, 0.3) is 88.1 Å². The molecule has 0 saturated carbocycles. The lowest BCUT2D eigenvalue weighted by atomic mass is 9.77. The fourth-order valence-electron chi connectivity index (χ4n) is 12.6. The van der Waals surface area contributed by atoms with Crippen LogP contribution in [0.5, 0.6) is 0 Å². The number of hydrogen-bond acceptors (Lipinski definition) is 7. The largest absolute Gasteiger partial charge is 0.454 e. The van der Waals surface area contributed by atoms with Gasteiger partial charge in [-0.1, -0.05) is 119 Å². The van der Waals surface area contributed by atoms with Crippen LogP contribution in [0.4, 0.5) is 34.1 Å². The molecule has 75 heavy (non-hydrogen) atoms. The molecule has 0 fully saturated rings. The van der Waals surface area contributed by atoms with Gasteiger partial charge in [-0.25, -0.2) is 0 Å². The minimum atomic E-state index is -0.434. The van der Waals surface area contributed by atoms with Crippen molar-refractivity contribution in [3.63, 3.8) is 0 Å². The van der Waals surface area contributed by atoms with Crippen molar-refractivity contribution in [3.05, 3.63) is 228 Å². The van der Waals surface area contributed by atoms with Crippen LogP contribution in [0.1, 0.15) is 61.1 Å². The Morgan fingerprint density at radius 2 is 0.827 bits per heavy atom. The van der Waals surface area contributed by atoms with Gasteiger partial charge in [-0.2, -0.15) is 10.5 Å². The molecule has 354 valence electrons. The van der Waals surface area contributed by atoms with E-state index in [1.807, 2.05) is 91.0 Å². The summed E-state index contributed by atoms with van der Waals surface area (Å²) in [4.78, 5) is 4.52. The van der Waals surface area contributed by atoms with Crippen molar-refractivity contribution in [2.75, 3.05) is 9.80 Å². The van der Waals surface area contributed by atoms with Crippen LogP contribution in [-0.4, -0.2) is 0 Å². The fraction of sp³-hybridized carbons (Fsp3) is 0.0882. The molecular formula is C68H44N4O3. The zero-order chi connectivity index (χ0) is 50.5. The maximum absolute atomic E-state index is 9.92. The summed E-state index contributed by atoms with van der Waals surface area (Å²) in [5.74, 6) is 0. The Morgan fingerprint density at radius 3 is 1.43 bits per heavy atom. The minimum Gasteiger partial charge on any atom is -0.454 e. The summed E-state index contributed by atoms with van der Waals surface area (Å²) < 4.78 is 20.6. The van der Waals surface area contributed by atoms with Crippen molar-refractivity contribution >= 4 is 99.9 Å². The van der Waals surface area contributed by atoms with Gasteiger partial charge < -0.3 is 23.1 Å². The third-order valence-corrected chi connectivity index (χ3v) is 16.3. The van der Waals surface area contributed by atoms with Gasteiger partial charge in [-0.3, -0.25) is 0 Å². The van der Waals surface area contributed by atoms with Crippen molar-refractivity contribution in [1.29, 1.82) is 10.5 Å². The number of nitrogens with zero attached hydrogens (tertiary/aromatic N) is 4. The normalized spacial score (nSPS) is 13.8. The molecular weight excluding hydrogens is 921 g/mol. The molecule has 2 aliphatic rings. The van der Waals surface area contributed by atoms with Crippen LogP contribution in [0.3, 0.4) is 0 Å². The van der Waals surface area contributed by atoms with Crippen molar-refractivity contribution in [2.45, 2.75) is 38.5 Å². The first-order chi connectivity index (χ1) is 36.6. The van der Waals surface area contributed by atoms with Crippen LogP contribution in [-0.2, 0) is 10.8 Å². The van der Waals surface area contributed by atoms with E-state index in [4.69, 9.17) is 13.3 Å². The van der Waals surface area contributed by atoms with E-state index in [1.54, 1.807) is 0 Å². The molecule has 0 amide bonds. The van der Waals surface area contributed by atoms with Gasteiger partial charge in [0.05, 0.1) is 40.3 Å². The highest BCUT2D eigenvalue weighted by Gasteiger charge is 2.44. The Hall–Kier alpha value is -9.82. The molecule has 2 aliphatic carbocycles. The summed E-state index contributed by atoms with van der Waals surface area (Å²) >= 11 is 0. The van der Waals surface area contributed by atoms with Gasteiger partial charge in [0.2, 0.25) is 0 Å². The molecule has 0 saturated heterocycles. The number of nitriles is 2. The predicted octanol–water partition coefficient (Wildman–Crippen LogP) is 18.7. The van der Waals surface area contributed by atoms with Gasteiger partial charge in [0.15, 0.2) is 16.7 Å². The van der Waals surface area contributed by atoms with E-state index in [2.05, 4.69) is 153 Å². The van der Waals surface area contributed by atoms with Crippen molar-refractivity contribution in [2.24, 2.45) is 0 Å². The van der Waals surface area contributed by atoms with E-state index in [0.29, 0.717) is 11.1 Å². The van der Waals surface area contributed by atoms with Crippen LogP contribution in [0.2, 0.25) is 0 Å². The van der Waals surface area contributed by atoms with Gasteiger partial charge in [0.25, 0.3) is 0 Å². The molecule has 0 N–H and O–H groups in total. The first kappa shape index (κ1) is 42.8. The van der Waals surface area contributed by atoms with E-state index in [9.17, 15) is 10.5 Å². The Labute approximate surface area is 431 Å². The Morgan fingerprint density at radius 1 is 0.360 bits per heavy atom. The zero-order valence-electron chi connectivity index (χ0n) is 41.5. The number of para-hydroxylation sites is 5. The summed E-state index contributed by atoms with van der Waals surface area (Å²) in [7, 11) is 0. The lowest BCUT2D eigenvalue weighted by Gasteiger charge is -2.29. The fourth-order valence-corrected chi connectivity index (χ4v) is 12.6. The molecule has 0 bridgehead atoms. The van der Waals surface area contributed by atoms with E-state index < -0.39 is 5.41 Å². The van der Waals surface area contributed by atoms with Crippen LogP contribution < -0.4 is 9.80 Å². The highest BCUT2D eigenvalue weighted by atomic mass is 16.3. The van der Waals surface area contributed by atoms with E-state index in [-0.39, 0.29) is 5.41 Å². The second-order valence-electron chi connectivity index (χ2n) is 21.0. The zero-order valence-corrected chi connectivity index (χ0v) is 41.5. The SMILES string of the molecule is CC1(C)c2cc(N(c3ccc(C#N)cc3)c3cccc4c3oc3ccccc34)ccc2-c2cc3c(cc21)C(C)(C)c1cc(N(c2ccc(C#N)cc2)c2cccc4c2oc2ccccc24)c2oc4ccccc4c2c1-3. The average Bonchev–Trinajstić information content (AvgIpc) is 4.26. The third kappa shape index (κ3) is 5.95. The molecule has 10 aromatic carbocycles. The van der Waals surface area contributed by atoms with Gasteiger partial charge >= 0.3 is 0 Å². The monoisotopic (exact) mass is 964 g/mol. The Balaban J connectivity index is 0.941. The highest BCUT2D eigenvalue weighted by Crippen LogP contribution is 2.61. The lowest BCUT2D eigenvalue weighted by Crippen LogP contribution is -2.19. The quantitative estimate of drug-likeness (QED) is 0.164. The molecule has 3 heterocycles. The number of rotatable bonds is 6. The van der Waals surface area contributed by atoms with Crippen molar-refractivity contribution in [3.8, 4) is 34.4 Å². The van der Waals surface area contributed by atoms with Crippen molar-refractivity contribution < 1.29 is 13.3 Å². The van der Waals surface area contributed by atoms with Gasteiger partial charge in [0.1, 0.15) is 16.7 Å². The molecule has 13 aromatic rings. The number of anilines is 6. The van der Waals surface area contributed by atoms with Crippen LogP contribution >= 0.6 is 0 Å². The van der Waals surface area contributed by atoms with Gasteiger partial charge in [0, 0.05) is 60.2 Å². The standard InChI is InChI=1S/C68H44N4O3/c1-67(2)52-33-43(71(41-27-23-39(37-69)24-28-41)56-18-11-16-47-45-13-5-8-20-59(45)73-64(47)56)31-32-44(52)50-34-51-54(35-53(50)67)68(3,4)55-36-58(66-63(62(51)55)49-15-7-10-22-61(49)75-66)72(42-29-25-40(38-70)26-30-42)57-19-12-17-48-46-14-6-9-21-60(46)74-65(48)57/h5-36H,1-4H3. The third-order valence-electron chi connectivity index (χ3n) is 16.3. The summed E-state index contributed by atoms with van der Waals surface area (Å²) in [5.41, 5.74) is 20.4. The summed E-state index contributed by atoms with van der Waals surface area (Å²) in [6.45, 7) is 9.41. The van der Waals surface area contributed by atoms with Crippen LogP contribution in [0, 0.1) is 22.7 Å². The Kier molecular flexibility index (Phi) is 8.77. The van der Waals surface area contributed by atoms with E-state index in [0.717, 1.165) is 99.9 Å². The minimum absolute atomic E-state index is 0.372. The lowest BCUT2D eigenvalue weighted by molar-refractivity contribution is 0.639. The Bertz CT molecular complexity index is 4690. The second-order valence-corrected chi connectivity index (χ2v) is 21.0. The number of furan rings is 3. The molecule has 0 spiro atoms. The maximum atomic E-state index is 9.92. The smallest absolute Gasteiger partial charge is 0.160 e. The summed E-state index contributed by atoms with van der Waals surface area (Å²) in [6, 6.07) is 71.8. The molecule has 7 nitrogen and oxygen atoms in total. The molecule has 0 radical (unpaired) electrons. The van der Waals surface area contributed by atoms with Crippen LogP contribution in [0.15, 0.2) is 207 Å². The maximum Gasteiger partial charge on any atom is 0.160 e. The predicted molar refractivity (Wildman–Crippen MR) is 302 cm³/mol. The summed E-state index contributed by atoms with van der Waals surface area (Å²) in [5, 5.41) is 26.0. The molecule has 3 aromatic heterocycles. The molecule has 0 unspecified atom stereocenters. The first-order valence-electron chi connectivity index (χ1n) is 25.3. The first-order valence-corrected chi connectivity index (χ1v) is 25.3. The van der Waals surface area contributed by atoms with E-state index in [1.165, 1.54) is 44.5 Å². The molecule has 15 rings (SSSR count). The number of benzene rings is 10. The second kappa shape index (κ2) is 15.4. The molecule has 7 heteroatoms. The topological polar surface area (TPSA) is 93.5 Å². The molecule has 0 aliphatic heterocycles. The molecule has 0 atom stereocenters. The summed E-state index contributed by atoms with van der Waals surface area (Å²) in [6.07, 6.45) is 0. The van der Waals surface area contributed by atoms with Gasteiger partial charge in [-0.05, 0) is 148 Å². The van der Waals surface area contributed by atoms with Crippen molar-refractivity contribution in [1.82, 2.24) is 0 Å². The van der Waals surface area contributed by atoms with Gasteiger partial charge in [-0.15, -0.1) is 0 Å². The average molecular weight is 965 g/mol. The number of fused-ring (bicyclic) bond motifs is 16. The highest BCUT2D eigenvalue weighted by molar-refractivity contribution is 6.20. The van der Waals surface area contributed by atoms with E-state index >= 15 is 0 Å². The number of hydrogen-bond donors (Lipinski definition) is 0.